The fourth-order valence-electron chi connectivity index (χ4n) is 1.80. The molecular weight excluding hydrogens is 240 g/mol. The number of rotatable bonds is 3. The lowest BCUT2D eigenvalue weighted by atomic mass is 10.1. The van der Waals surface area contributed by atoms with E-state index in [1.54, 1.807) is 19.4 Å². The summed E-state index contributed by atoms with van der Waals surface area (Å²) in [6.07, 6.45) is 4.54. The number of aromatic nitrogens is 2. The Kier molecular flexibility index (Phi) is 3.46. The summed E-state index contributed by atoms with van der Waals surface area (Å²) in [7, 11) is -1.03. The van der Waals surface area contributed by atoms with Crippen molar-refractivity contribution in [3.8, 4) is 0 Å². The van der Waals surface area contributed by atoms with Crippen LogP contribution in [0.25, 0.3) is 0 Å². The van der Waals surface area contributed by atoms with E-state index in [1.165, 1.54) is 0 Å². The van der Waals surface area contributed by atoms with Crippen LogP contribution in [0.4, 0.5) is 11.6 Å². The third-order valence-electron chi connectivity index (χ3n) is 2.80. The van der Waals surface area contributed by atoms with Gasteiger partial charge in [0.25, 0.3) is 0 Å². The minimum absolute atomic E-state index is 0.167. The summed E-state index contributed by atoms with van der Waals surface area (Å²) in [5, 5.41) is 6.12. The average Bonchev–Trinajstić information content (AvgIpc) is 2.32. The first-order valence-electron chi connectivity index (χ1n) is 5.56. The lowest BCUT2D eigenvalue weighted by Gasteiger charge is -2.23. The Morgan fingerprint density at radius 3 is 2.53 bits per heavy atom. The van der Waals surface area contributed by atoms with Crippen molar-refractivity contribution >= 4 is 21.5 Å². The van der Waals surface area contributed by atoms with Gasteiger partial charge in [-0.2, -0.15) is 0 Å². The predicted molar refractivity (Wildman–Crippen MR) is 66.9 cm³/mol. The van der Waals surface area contributed by atoms with Crippen molar-refractivity contribution in [1.29, 1.82) is 0 Å². The molecule has 1 aliphatic rings. The minimum Gasteiger partial charge on any atom is -0.372 e. The van der Waals surface area contributed by atoms with Crippen molar-refractivity contribution in [1.82, 2.24) is 9.97 Å². The zero-order valence-electron chi connectivity index (χ0n) is 9.68. The fraction of sp³-hybridized carbons (Fsp3) is 0.600. The van der Waals surface area contributed by atoms with E-state index in [0.717, 1.165) is 0 Å². The van der Waals surface area contributed by atoms with Crippen LogP contribution < -0.4 is 10.6 Å². The summed E-state index contributed by atoms with van der Waals surface area (Å²) < 4.78 is 22.6. The number of nitrogens with zero attached hydrogens (tertiary/aromatic N) is 2. The van der Waals surface area contributed by atoms with Gasteiger partial charge in [0.05, 0.1) is 23.9 Å². The van der Waals surface area contributed by atoms with Crippen molar-refractivity contribution in [3.63, 3.8) is 0 Å². The van der Waals surface area contributed by atoms with Gasteiger partial charge >= 0.3 is 0 Å². The Bertz CT molecular complexity index is 475. The third-order valence-corrected chi connectivity index (χ3v) is 4.51. The van der Waals surface area contributed by atoms with Crippen LogP contribution in [0.2, 0.25) is 0 Å². The van der Waals surface area contributed by atoms with E-state index >= 15 is 0 Å². The molecule has 1 fully saturated rings. The Morgan fingerprint density at radius 1 is 1.24 bits per heavy atom. The van der Waals surface area contributed by atoms with E-state index in [9.17, 15) is 8.42 Å². The highest BCUT2D eigenvalue weighted by Crippen LogP contribution is 2.16. The topological polar surface area (TPSA) is 84.0 Å². The molecule has 6 nitrogen and oxygen atoms in total. The molecule has 94 valence electrons. The molecule has 0 saturated carbocycles. The molecule has 0 aliphatic carbocycles. The van der Waals surface area contributed by atoms with Gasteiger partial charge in [-0.15, -0.1) is 0 Å². The summed E-state index contributed by atoms with van der Waals surface area (Å²) >= 11 is 0. The first-order chi connectivity index (χ1) is 8.09. The molecular formula is C10H16N4O2S. The molecule has 0 amide bonds. The van der Waals surface area contributed by atoms with Gasteiger partial charge < -0.3 is 10.6 Å². The van der Waals surface area contributed by atoms with Crippen molar-refractivity contribution in [2.45, 2.75) is 18.9 Å². The Balaban J connectivity index is 1.97. The van der Waals surface area contributed by atoms with Gasteiger partial charge in [-0.05, 0) is 12.8 Å². The molecule has 1 aliphatic heterocycles. The molecule has 0 bridgehead atoms. The van der Waals surface area contributed by atoms with Gasteiger partial charge in [0.2, 0.25) is 0 Å². The minimum atomic E-state index is -2.81. The second-order valence-corrected chi connectivity index (χ2v) is 6.41. The largest absolute Gasteiger partial charge is 0.372 e. The number of sulfone groups is 1. The van der Waals surface area contributed by atoms with Crippen LogP contribution in [0.3, 0.4) is 0 Å². The van der Waals surface area contributed by atoms with Crippen LogP contribution in [0.15, 0.2) is 12.4 Å². The van der Waals surface area contributed by atoms with Crippen LogP contribution in [0.1, 0.15) is 12.8 Å². The highest BCUT2D eigenvalue weighted by Gasteiger charge is 2.23. The van der Waals surface area contributed by atoms with Crippen molar-refractivity contribution in [2.24, 2.45) is 0 Å². The Labute approximate surface area is 101 Å². The van der Waals surface area contributed by atoms with Crippen LogP contribution in [0.5, 0.6) is 0 Å². The van der Waals surface area contributed by atoms with E-state index in [-0.39, 0.29) is 17.5 Å². The molecule has 1 saturated heterocycles. The first-order valence-corrected chi connectivity index (χ1v) is 7.38. The summed E-state index contributed by atoms with van der Waals surface area (Å²) in [6, 6.07) is 0.167. The monoisotopic (exact) mass is 256 g/mol. The van der Waals surface area contributed by atoms with Gasteiger partial charge in [0, 0.05) is 13.1 Å². The summed E-state index contributed by atoms with van der Waals surface area (Å²) in [6.45, 7) is 0. The number of hydrogen-bond donors (Lipinski definition) is 2. The second-order valence-electron chi connectivity index (χ2n) is 4.11. The Hall–Kier alpha value is -1.37. The zero-order chi connectivity index (χ0) is 12.3. The molecule has 17 heavy (non-hydrogen) atoms. The van der Waals surface area contributed by atoms with E-state index in [0.29, 0.717) is 24.5 Å². The molecule has 0 unspecified atom stereocenters. The quantitative estimate of drug-likeness (QED) is 0.819. The second kappa shape index (κ2) is 4.87. The molecule has 0 aromatic carbocycles. The van der Waals surface area contributed by atoms with Gasteiger partial charge in [-0.25, -0.2) is 13.4 Å². The normalized spacial score (nSPS) is 19.8. The van der Waals surface area contributed by atoms with E-state index < -0.39 is 9.84 Å². The smallest absolute Gasteiger partial charge is 0.150 e. The van der Waals surface area contributed by atoms with Crippen LogP contribution in [-0.4, -0.2) is 43.0 Å². The number of hydrogen-bond acceptors (Lipinski definition) is 6. The fourth-order valence-corrected chi connectivity index (χ4v) is 3.29. The summed E-state index contributed by atoms with van der Waals surface area (Å²) in [5.41, 5.74) is 0. The SMILES string of the molecule is CNc1cncc(NC2CCS(=O)(=O)CC2)n1. The van der Waals surface area contributed by atoms with Gasteiger partial charge in [-0.3, -0.25) is 4.98 Å². The summed E-state index contributed by atoms with van der Waals surface area (Å²) in [5.74, 6) is 1.88. The lowest BCUT2D eigenvalue weighted by Crippen LogP contribution is -2.32. The molecule has 0 atom stereocenters. The highest BCUT2D eigenvalue weighted by atomic mass is 32.2. The van der Waals surface area contributed by atoms with E-state index in [2.05, 4.69) is 20.6 Å². The van der Waals surface area contributed by atoms with Crippen LogP contribution >= 0.6 is 0 Å². The maximum absolute atomic E-state index is 11.3. The maximum Gasteiger partial charge on any atom is 0.150 e. The van der Waals surface area contributed by atoms with Crippen molar-refractivity contribution < 1.29 is 8.42 Å². The van der Waals surface area contributed by atoms with Gasteiger partial charge in [0.1, 0.15) is 21.5 Å². The van der Waals surface area contributed by atoms with Gasteiger partial charge in [0.15, 0.2) is 0 Å². The first kappa shape index (κ1) is 12.1. The number of nitrogens with one attached hydrogen (secondary N) is 2. The van der Waals surface area contributed by atoms with Crippen molar-refractivity contribution in [3.05, 3.63) is 12.4 Å². The molecule has 0 spiro atoms. The predicted octanol–water partition coefficient (Wildman–Crippen LogP) is 0.507. The van der Waals surface area contributed by atoms with Gasteiger partial charge in [-0.1, -0.05) is 0 Å². The van der Waals surface area contributed by atoms with E-state index in [1.807, 2.05) is 0 Å². The highest BCUT2D eigenvalue weighted by molar-refractivity contribution is 7.91. The molecule has 7 heteroatoms. The van der Waals surface area contributed by atoms with Crippen LogP contribution in [0, 0.1) is 0 Å². The molecule has 1 aromatic rings. The lowest BCUT2D eigenvalue weighted by molar-refractivity contribution is 0.559. The standard InChI is InChI=1S/C10H16N4O2S/c1-11-9-6-12-7-10(14-9)13-8-2-4-17(15,16)5-3-8/h6-8H,2-5H2,1H3,(H2,11,13,14). The molecule has 2 heterocycles. The van der Waals surface area contributed by atoms with Crippen molar-refractivity contribution in [2.75, 3.05) is 29.2 Å². The summed E-state index contributed by atoms with van der Waals surface area (Å²) in [4.78, 5) is 8.33. The molecule has 2 rings (SSSR count). The maximum atomic E-state index is 11.3. The Morgan fingerprint density at radius 2 is 1.88 bits per heavy atom. The molecule has 1 aromatic heterocycles. The zero-order valence-corrected chi connectivity index (χ0v) is 10.5. The number of anilines is 2. The van der Waals surface area contributed by atoms with Crippen LogP contribution in [-0.2, 0) is 9.84 Å². The average molecular weight is 256 g/mol. The molecule has 0 radical (unpaired) electrons. The van der Waals surface area contributed by atoms with E-state index in [4.69, 9.17) is 0 Å². The molecule has 2 N–H and O–H groups in total. The third kappa shape index (κ3) is 3.29.